The number of esters is 1. The number of carbonyl (C=O) groups is 3. The summed E-state index contributed by atoms with van der Waals surface area (Å²) in [6.45, 7) is 3.94. The molecule has 0 spiro atoms. The summed E-state index contributed by atoms with van der Waals surface area (Å²) < 4.78 is 45.5. The minimum atomic E-state index is -4.60. The number of fused-ring (bicyclic) bond motifs is 1. The highest BCUT2D eigenvalue weighted by Gasteiger charge is 2.42. The molecule has 2 aliphatic heterocycles. The third kappa shape index (κ3) is 4.20. The standard InChI is InChI=1S/C21H23F3N2O4/c1-3-18(27)25-9-7-13(8-10-25)19(28)26-11-15-14(16(12-26)20(29)30-2)5-4-6-17(15)21(22,23)24/h3-6,13,16H,1,7-12H2,2H3. The Morgan fingerprint density at radius 3 is 2.40 bits per heavy atom. The summed E-state index contributed by atoms with van der Waals surface area (Å²) in [4.78, 5) is 40.0. The number of hydrogen-bond donors (Lipinski definition) is 0. The van der Waals surface area contributed by atoms with E-state index in [2.05, 4.69) is 6.58 Å². The van der Waals surface area contributed by atoms with E-state index in [1.165, 1.54) is 30.2 Å². The van der Waals surface area contributed by atoms with E-state index in [-0.39, 0.29) is 36.0 Å². The Morgan fingerprint density at radius 2 is 1.83 bits per heavy atom. The van der Waals surface area contributed by atoms with Crippen LogP contribution in [0.2, 0.25) is 0 Å². The summed E-state index contributed by atoms with van der Waals surface area (Å²) in [6, 6.07) is 3.70. The fourth-order valence-corrected chi connectivity index (χ4v) is 4.19. The van der Waals surface area contributed by atoms with E-state index >= 15 is 0 Å². The molecule has 9 heteroatoms. The predicted octanol–water partition coefficient (Wildman–Crippen LogP) is 2.73. The van der Waals surface area contributed by atoms with Crippen molar-refractivity contribution in [3.63, 3.8) is 0 Å². The van der Waals surface area contributed by atoms with Crippen molar-refractivity contribution in [1.82, 2.24) is 9.80 Å². The average Bonchev–Trinajstić information content (AvgIpc) is 2.75. The fraction of sp³-hybridized carbons (Fsp3) is 0.476. The summed E-state index contributed by atoms with van der Waals surface area (Å²) in [5.41, 5.74) is -0.677. The van der Waals surface area contributed by atoms with Gasteiger partial charge in [-0.1, -0.05) is 18.7 Å². The van der Waals surface area contributed by atoms with Crippen LogP contribution in [0.1, 0.15) is 35.4 Å². The average molecular weight is 424 g/mol. The van der Waals surface area contributed by atoms with Crippen molar-refractivity contribution in [2.24, 2.45) is 5.92 Å². The molecule has 1 atom stereocenters. The van der Waals surface area contributed by atoms with Crippen molar-refractivity contribution in [2.75, 3.05) is 26.7 Å². The number of alkyl halides is 3. The SMILES string of the molecule is C=CC(=O)N1CCC(C(=O)N2Cc3c(cccc3C(F)(F)F)C(C(=O)OC)C2)CC1. The van der Waals surface area contributed by atoms with Crippen molar-refractivity contribution in [3.8, 4) is 0 Å². The second-order valence-electron chi connectivity index (χ2n) is 7.47. The minimum absolute atomic E-state index is 0.0361. The predicted molar refractivity (Wildman–Crippen MR) is 101 cm³/mol. The number of hydrogen-bond acceptors (Lipinski definition) is 4. The molecule has 30 heavy (non-hydrogen) atoms. The van der Waals surface area contributed by atoms with Gasteiger partial charge in [-0.05, 0) is 36.1 Å². The van der Waals surface area contributed by atoms with Gasteiger partial charge in [-0.2, -0.15) is 13.2 Å². The zero-order chi connectivity index (χ0) is 22.1. The molecule has 0 aliphatic carbocycles. The molecule has 2 aliphatic rings. The minimum Gasteiger partial charge on any atom is -0.468 e. The van der Waals surface area contributed by atoms with Crippen LogP contribution in [0.3, 0.4) is 0 Å². The maximum Gasteiger partial charge on any atom is 0.416 e. The molecule has 2 amide bonds. The Hall–Kier alpha value is -2.84. The zero-order valence-electron chi connectivity index (χ0n) is 16.6. The quantitative estimate of drug-likeness (QED) is 0.553. The number of nitrogens with zero attached hydrogens (tertiary/aromatic N) is 2. The van der Waals surface area contributed by atoms with Gasteiger partial charge in [0.25, 0.3) is 0 Å². The largest absolute Gasteiger partial charge is 0.468 e. The topological polar surface area (TPSA) is 66.9 Å². The number of carbonyl (C=O) groups excluding carboxylic acids is 3. The van der Waals surface area contributed by atoms with Gasteiger partial charge in [-0.15, -0.1) is 0 Å². The molecular formula is C21H23F3N2O4. The van der Waals surface area contributed by atoms with Gasteiger partial charge in [0.1, 0.15) is 0 Å². The van der Waals surface area contributed by atoms with E-state index in [1.54, 1.807) is 4.90 Å². The number of methoxy groups -OCH3 is 1. The first kappa shape index (κ1) is 21.9. The molecule has 6 nitrogen and oxygen atoms in total. The van der Waals surface area contributed by atoms with Gasteiger partial charge in [0.05, 0.1) is 18.6 Å². The van der Waals surface area contributed by atoms with Gasteiger partial charge in [-0.3, -0.25) is 14.4 Å². The van der Waals surface area contributed by atoms with Crippen molar-refractivity contribution < 1.29 is 32.3 Å². The smallest absolute Gasteiger partial charge is 0.416 e. The van der Waals surface area contributed by atoms with Crippen LogP contribution in [0.25, 0.3) is 0 Å². The Balaban J connectivity index is 1.86. The zero-order valence-corrected chi connectivity index (χ0v) is 16.6. The second-order valence-corrected chi connectivity index (χ2v) is 7.47. The van der Waals surface area contributed by atoms with Crippen LogP contribution in [0, 0.1) is 5.92 Å². The summed E-state index contributed by atoms with van der Waals surface area (Å²) >= 11 is 0. The third-order valence-electron chi connectivity index (χ3n) is 5.77. The lowest BCUT2D eigenvalue weighted by atomic mass is 9.85. The van der Waals surface area contributed by atoms with E-state index in [9.17, 15) is 27.6 Å². The maximum absolute atomic E-state index is 13.6. The molecule has 2 heterocycles. The lowest BCUT2D eigenvalue weighted by molar-refractivity contribution is -0.148. The van der Waals surface area contributed by atoms with Gasteiger partial charge >= 0.3 is 12.1 Å². The van der Waals surface area contributed by atoms with E-state index in [4.69, 9.17) is 4.74 Å². The Kier molecular flexibility index (Phi) is 6.19. The molecular weight excluding hydrogens is 401 g/mol. The molecule has 0 aromatic heterocycles. The highest BCUT2D eigenvalue weighted by molar-refractivity contribution is 5.87. The second kappa shape index (κ2) is 8.49. The lowest BCUT2D eigenvalue weighted by Crippen LogP contribution is -2.47. The lowest BCUT2D eigenvalue weighted by Gasteiger charge is -2.38. The molecule has 1 aromatic rings. The van der Waals surface area contributed by atoms with Crippen molar-refractivity contribution in [3.05, 3.63) is 47.5 Å². The first-order chi connectivity index (χ1) is 14.2. The number of rotatable bonds is 3. The molecule has 1 saturated heterocycles. The molecule has 3 rings (SSSR count). The fourth-order valence-electron chi connectivity index (χ4n) is 4.19. The molecule has 162 valence electrons. The summed E-state index contributed by atoms with van der Waals surface area (Å²) in [7, 11) is 1.17. The van der Waals surface area contributed by atoms with Crippen LogP contribution in [0.4, 0.5) is 13.2 Å². The Bertz CT molecular complexity index is 860. The molecule has 1 fully saturated rings. The molecule has 0 N–H and O–H groups in total. The van der Waals surface area contributed by atoms with Gasteiger partial charge in [0.15, 0.2) is 0 Å². The highest BCUT2D eigenvalue weighted by atomic mass is 19.4. The van der Waals surface area contributed by atoms with Gasteiger partial charge in [0, 0.05) is 32.1 Å². The maximum atomic E-state index is 13.6. The molecule has 0 radical (unpaired) electrons. The molecule has 1 aromatic carbocycles. The summed E-state index contributed by atoms with van der Waals surface area (Å²) in [6.07, 6.45) is -2.57. The van der Waals surface area contributed by atoms with Crippen LogP contribution in [-0.4, -0.2) is 54.3 Å². The normalized spacial score (nSPS) is 19.8. The number of likely N-dealkylation sites (tertiary alicyclic amines) is 1. The van der Waals surface area contributed by atoms with Crippen LogP contribution in [0.15, 0.2) is 30.9 Å². The Labute approximate surface area is 172 Å². The molecule has 0 saturated carbocycles. The van der Waals surface area contributed by atoms with E-state index in [0.29, 0.717) is 25.9 Å². The van der Waals surface area contributed by atoms with Crippen LogP contribution >= 0.6 is 0 Å². The van der Waals surface area contributed by atoms with E-state index in [1.807, 2.05) is 0 Å². The monoisotopic (exact) mass is 424 g/mol. The molecule has 1 unspecified atom stereocenters. The number of amides is 2. The summed E-state index contributed by atoms with van der Waals surface area (Å²) in [5.74, 6) is -2.60. The van der Waals surface area contributed by atoms with Crippen molar-refractivity contribution in [2.45, 2.75) is 31.5 Å². The van der Waals surface area contributed by atoms with Gasteiger partial charge in [-0.25, -0.2) is 0 Å². The van der Waals surface area contributed by atoms with Crippen LogP contribution in [-0.2, 0) is 31.8 Å². The van der Waals surface area contributed by atoms with E-state index < -0.39 is 29.5 Å². The van der Waals surface area contributed by atoms with Crippen molar-refractivity contribution in [1.29, 1.82) is 0 Å². The Morgan fingerprint density at radius 1 is 1.17 bits per heavy atom. The van der Waals surface area contributed by atoms with Crippen LogP contribution < -0.4 is 0 Å². The number of piperidine rings is 1. The van der Waals surface area contributed by atoms with Gasteiger partial charge in [0.2, 0.25) is 11.8 Å². The molecule has 0 bridgehead atoms. The number of halogens is 3. The summed E-state index contributed by atoms with van der Waals surface area (Å²) in [5, 5.41) is 0. The van der Waals surface area contributed by atoms with E-state index in [0.717, 1.165) is 6.07 Å². The number of benzene rings is 1. The number of ether oxygens (including phenoxy) is 1. The first-order valence-electron chi connectivity index (χ1n) is 9.64. The van der Waals surface area contributed by atoms with Crippen LogP contribution in [0.5, 0.6) is 0 Å². The first-order valence-corrected chi connectivity index (χ1v) is 9.64. The van der Waals surface area contributed by atoms with Crippen molar-refractivity contribution >= 4 is 17.8 Å². The highest BCUT2D eigenvalue weighted by Crippen LogP contribution is 2.39. The third-order valence-corrected chi connectivity index (χ3v) is 5.77. The van der Waals surface area contributed by atoms with Gasteiger partial charge < -0.3 is 14.5 Å².